The molecule has 13 nitrogen and oxygen atoms in total. The first-order valence-electron chi connectivity index (χ1n) is 9.46. The van der Waals surface area contributed by atoms with E-state index < -0.39 is 60.4 Å². The summed E-state index contributed by atoms with van der Waals surface area (Å²) in [5.74, 6) is -3.98. The highest BCUT2D eigenvalue weighted by Crippen LogP contribution is 2.05. The molecule has 0 aromatic carbocycles. The lowest BCUT2D eigenvalue weighted by Crippen LogP contribution is -2.58. The van der Waals surface area contributed by atoms with Gasteiger partial charge >= 0.3 is 5.97 Å². The number of hydrogen-bond acceptors (Lipinski definition) is 7. The van der Waals surface area contributed by atoms with Crippen LogP contribution in [-0.2, 0) is 19.2 Å². The number of aliphatic hydroxyl groups excluding tert-OH is 1. The molecule has 3 amide bonds. The first-order chi connectivity index (χ1) is 13.9. The molecule has 0 aliphatic carbocycles. The molecule has 0 heterocycles. The molecule has 0 rings (SSSR count). The number of nitrogens with zero attached hydrogens (tertiary/aromatic N) is 1. The first kappa shape index (κ1) is 27.1. The zero-order valence-corrected chi connectivity index (χ0v) is 17.4. The molecule has 0 spiro atoms. The van der Waals surface area contributed by atoms with Gasteiger partial charge in [-0.2, -0.15) is 0 Å². The third-order valence-corrected chi connectivity index (χ3v) is 4.04. The Morgan fingerprint density at radius 1 is 0.933 bits per heavy atom. The fraction of sp³-hybridized carbons (Fsp3) is 0.706. The van der Waals surface area contributed by atoms with Crippen LogP contribution in [0.15, 0.2) is 4.99 Å². The minimum atomic E-state index is -1.34. The van der Waals surface area contributed by atoms with E-state index in [1.807, 2.05) is 0 Å². The van der Waals surface area contributed by atoms with E-state index >= 15 is 0 Å². The van der Waals surface area contributed by atoms with Gasteiger partial charge in [0.05, 0.1) is 12.6 Å². The zero-order valence-electron chi connectivity index (χ0n) is 17.4. The van der Waals surface area contributed by atoms with Gasteiger partial charge in [-0.15, -0.1) is 0 Å². The second-order valence-electron chi connectivity index (χ2n) is 7.11. The highest BCUT2D eigenvalue weighted by atomic mass is 16.4. The normalized spacial score (nSPS) is 14.7. The van der Waals surface area contributed by atoms with Gasteiger partial charge in [0.1, 0.15) is 18.1 Å². The summed E-state index contributed by atoms with van der Waals surface area (Å²) >= 11 is 0. The summed E-state index contributed by atoms with van der Waals surface area (Å²) in [4.78, 5) is 51.9. The second kappa shape index (κ2) is 13.3. The molecule has 0 aliphatic heterocycles. The van der Waals surface area contributed by atoms with E-state index in [-0.39, 0.29) is 18.9 Å². The highest BCUT2D eigenvalue weighted by Gasteiger charge is 2.30. The summed E-state index contributed by atoms with van der Waals surface area (Å²) in [7, 11) is 0. The van der Waals surface area contributed by atoms with Crippen LogP contribution in [0, 0.1) is 5.92 Å². The average Bonchev–Trinajstić information content (AvgIpc) is 2.64. The van der Waals surface area contributed by atoms with Crippen molar-refractivity contribution in [2.75, 3.05) is 13.2 Å². The Labute approximate surface area is 174 Å². The van der Waals surface area contributed by atoms with Crippen LogP contribution < -0.4 is 33.2 Å². The Kier molecular flexibility index (Phi) is 12.0. The van der Waals surface area contributed by atoms with E-state index in [1.165, 1.54) is 6.92 Å². The molecular weight excluding hydrogens is 398 g/mol. The van der Waals surface area contributed by atoms with E-state index in [9.17, 15) is 29.4 Å². The van der Waals surface area contributed by atoms with Crippen molar-refractivity contribution >= 4 is 29.7 Å². The van der Waals surface area contributed by atoms with Crippen molar-refractivity contribution < 1.29 is 29.4 Å². The van der Waals surface area contributed by atoms with Gasteiger partial charge in [0.2, 0.25) is 17.7 Å². The van der Waals surface area contributed by atoms with Gasteiger partial charge in [-0.1, -0.05) is 13.8 Å². The number of amides is 3. The number of aliphatic hydroxyl groups is 1. The molecule has 4 unspecified atom stereocenters. The minimum Gasteiger partial charge on any atom is -0.480 e. The second-order valence-corrected chi connectivity index (χ2v) is 7.11. The number of nitrogens with one attached hydrogen (secondary N) is 3. The molecule has 0 aromatic rings. The predicted molar refractivity (Wildman–Crippen MR) is 109 cm³/mol. The Morgan fingerprint density at radius 2 is 1.47 bits per heavy atom. The third-order valence-electron chi connectivity index (χ3n) is 4.04. The number of carbonyl (C=O) groups is 4. The van der Waals surface area contributed by atoms with Crippen molar-refractivity contribution in [3.8, 4) is 0 Å². The number of aliphatic imine (C=N–C) groups is 1. The molecule has 11 N–H and O–H groups in total. The van der Waals surface area contributed by atoms with Crippen molar-refractivity contribution in [3.63, 3.8) is 0 Å². The number of carboxylic acids is 1. The van der Waals surface area contributed by atoms with Crippen LogP contribution >= 0.6 is 0 Å². The Bertz CT molecular complexity index is 634. The highest BCUT2D eigenvalue weighted by molar-refractivity contribution is 5.94. The summed E-state index contributed by atoms with van der Waals surface area (Å²) in [6, 6.07) is -4.56. The minimum absolute atomic E-state index is 0.0815. The van der Waals surface area contributed by atoms with Crippen LogP contribution in [0.4, 0.5) is 0 Å². The van der Waals surface area contributed by atoms with Crippen molar-refractivity contribution in [3.05, 3.63) is 0 Å². The number of rotatable bonds is 13. The smallest absolute Gasteiger partial charge is 0.326 e. The maximum absolute atomic E-state index is 12.6. The largest absolute Gasteiger partial charge is 0.480 e. The average molecular weight is 431 g/mol. The molecule has 30 heavy (non-hydrogen) atoms. The fourth-order valence-electron chi connectivity index (χ4n) is 2.31. The van der Waals surface area contributed by atoms with Gasteiger partial charge < -0.3 is 43.4 Å². The van der Waals surface area contributed by atoms with Crippen LogP contribution in [0.3, 0.4) is 0 Å². The lowest BCUT2D eigenvalue weighted by Gasteiger charge is -2.25. The number of guanidine groups is 1. The summed E-state index contributed by atoms with van der Waals surface area (Å²) in [5, 5.41) is 25.7. The monoisotopic (exact) mass is 431 g/mol. The lowest BCUT2D eigenvalue weighted by molar-refractivity contribution is -0.143. The molecule has 0 fully saturated rings. The molecule has 0 aliphatic rings. The molecule has 0 radical (unpaired) electrons. The Balaban J connectivity index is 5.32. The number of nitrogens with two attached hydrogens (primary N) is 3. The zero-order chi connectivity index (χ0) is 23.4. The van der Waals surface area contributed by atoms with Crippen LogP contribution in [-0.4, -0.2) is 77.2 Å². The fourth-order valence-corrected chi connectivity index (χ4v) is 2.31. The maximum atomic E-state index is 12.6. The van der Waals surface area contributed by atoms with E-state index in [0.29, 0.717) is 6.42 Å². The third kappa shape index (κ3) is 10.0. The van der Waals surface area contributed by atoms with Gasteiger partial charge in [0, 0.05) is 6.54 Å². The van der Waals surface area contributed by atoms with Crippen molar-refractivity contribution in [1.29, 1.82) is 0 Å². The number of carbonyl (C=O) groups excluding carboxylic acids is 3. The number of carboxylic acid groups (broad SMARTS) is 1. The molecule has 13 heteroatoms. The van der Waals surface area contributed by atoms with E-state index in [1.54, 1.807) is 13.8 Å². The van der Waals surface area contributed by atoms with Gasteiger partial charge in [-0.05, 0) is 25.7 Å². The predicted octanol–water partition coefficient (Wildman–Crippen LogP) is -3.43. The van der Waals surface area contributed by atoms with Gasteiger partial charge in [0.15, 0.2) is 5.96 Å². The van der Waals surface area contributed by atoms with Crippen LogP contribution in [0.1, 0.15) is 33.6 Å². The van der Waals surface area contributed by atoms with Crippen molar-refractivity contribution in [2.24, 2.45) is 28.1 Å². The van der Waals surface area contributed by atoms with Crippen LogP contribution in [0.25, 0.3) is 0 Å². The standard InChI is InChI=1S/C17H33N7O6/c1-8(2)12(16(29)30)24-14(27)10(5-4-6-21-17(19)20)22-15(28)11(7-25)23-13(26)9(3)18/h8-12,25H,4-7,18H2,1-3H3,(H,22,28)(H,23,26)(H,24,27)(H,29,30)(H4,19,20,21). The Hall–Kier alpha value is -2.93. The molecule has 4 atom stereocenters. The summed E-state index contributed by atoms with van der Waals surface area (Å²) < 4.78 is 0. The van der Waals surface area contributed by atoms with Crippen molar-refractivity contribution in [2.45, 2.75) is 57.8 Å². The topological polar surface area (TPSA) is 235 Å². The number of aliphatic carboxylic acids is 1. The van der Waals surface area contributed by atoms with E-state index in [0.717, 1.165) is 0 Å². The molecule has 0 aromatic heterocycles. The molecule has 0 saturated carbocycles. The SMILES string of the molecule is CC(N)C(=O)NC(CO)C(=O)NC(CCCN=C(N)N)C(=O)NC(C(=O)O)C(C)C. The summed E-state index contributed by atoms with van der Waals surface area (Å²) in [5.41, 5.74) is 15.9. The summed E-state index contributed by atoms with van der Waals surface area (Å²) in [6.07, 6.45) is 0.379. The Morgan fingerprint density at radius 3 is 1.90 bits per heavy atom. The lowest BCUT2D eigenvalue weighted by atomic mass is 10.0. The molecule has 0 saturated heterocycles. The molecule has 0 bridgehead atoms. The quantitative estimate of drug-likeness (QED) is 0.0821. The van der Waals surface area contributed by atoms with Gasteiger partial charge in [0.25, 0.3) is 0 Å². The van der Waals surface area contributed by atoms with E-state index in [2.05, 4.69) is 20.9 Å². The number of hydrogen-bond donors (Lipinski definition) is 8. The molecular formula is C17H33N7O6. The van der Waals surface area contributed by atoms with Gasteiger partial charge in [-0.3, -0.25) is 19.4 Å². The van der Waals surface area contributed by atoms with Crippen LogP contribution in [0.5, 0.6) is 0 Å². The summed E-state index contributed by atoms with van der Waals surface area (Å²) in [6.45, 7) is 4.10. The van der Waals surface area contributed by atoms with Crippen LogP contribution in [0.2, 0.25) is 0 Å². The van der Waals surface area contributed by atoms with E-state index in [4.69, 9.17) is 17.2 Å². The van der Waals surface area contributed by atoms with Gasteiger partial charge in [-0.25, -0.2) is 4.79 Å². The first-order valence-corrected chi connectivity index (χ1v) is 9.46. The maximum Gasteiger partial charge on any atom is 0.326 e. The molecule has 172 valence electrons. The van der Waals surface area contributed by atoms with Crippen molar-refractivity contribution in [1.82, 2.24) is 16.0 Å².